The number of hydrogen-bond donors (Lipinski definition) is 1. The van der Waals surface area contributed by atoms with Gasteiger partial charge in [0.25, 0.3) is 0 Å². The Kier molecular flexibility index (Phi) is 4.10. The lowest BCUT2D eigenvalue weighted by Gasteiger charge is -2.49. The summed E-state index contributed by atoms with van der Waals surface area (Å²) in [5.74, 6) is -0.568. The van der Waals surface area contributed by atoms with Crippen LogP contribution < -0.4 is 0 Å². The van der Waals surface area contributed by atoms with Gasteiger partial charge in [-0.2, -0.15) is 0 Å². The Morgan fingerprint density at radius 1 is 1.47 bits per heavy atom. The topological polar surface area (TPSA) is 76.1 Å². The summed E-state index contributed by atoms with van der Waals surface area (Å²) < 4.78 is 10.6. The number of carboxylic acids is 1. The van der Waals surface area contributed by atoms with Crippen molar-refractivity contribution >= 4 is 11.9 Å². The van der Waals surface area contributed by atoms with E-state index < -0.39 is 11.6 Å². The van der Waals surface area contributed by atoms with Crippen LogP contribution in [0.4, 0.5) is 0 Å². The van der Waals surface area contributed by atoms with E-state index in [4.69, 9.17) is 14.6 Å². The molecule has 0 bridgehead atoms. The highest BCUT2D eigenvalue weighted by atomic mass is 16.5. The molecule has 0 radical (unpaired) electrons. The summed E-state index contributed by atoms with van der Waals surface area (Å²) in [4.78, 5) is 24.5. The molecule has 2 aliphatic rings. The number of carbonyl (C=O) groups is 2. The second kappa shape index (κ2) is 5.46. The SMILES string of the molecule is CC1COCCC1C(=O)N1CC(C)(OCC(=O)O)C1. The maximum Gasteiger partial charge on any atom is 0.329 e. The zero-order chi connectivity index (χ0) is 14.0. The molecule has 1 N–H and O–H groups in total. The lowest BCUT2D eigenvalue weighted by Crippen LogP contribution is -2.65. The third-order valence-electron chi connectivity index (χ3n) is 3.86. The number of likely N-dealkylation sites (tertiary alicyclic amines) is 1. The van der Waals surface area contributed by atoms with Crippen LogP contribution in [0.3, 0.4) is 0 Å². The summed E-state index contributed by atoms with van der Waals surface area (Å²) in [5, 5.41) is 8.59. The molecule has 0 aromatic carbocycles. The highest BCUT2D eigenvalue weighted by molar-refractivity contribution is 5.80. The van der Waals surface area contributed by atoms with Gasteiger partial charge in [0.2, 0.25) is 5.91 Å². The van der Waals surface area contributed by atoms with Crippen molar-refractivity contribution in [2.24, 2.45) is 11.8 Å². The zero-order valence-corrected chi connectivity index (χ0v) is 11.4. The van der Waals surface area contributed by atoms with E-state index in [9.17, 15) is 9.59 Å². The molecule has 19 heavy (non-hydrogen) atoms. The molecule has 2 saturated heterocycles. The largest absolute Gasteiger partial charge is 0.480 e. The van der Waals surface area contributed by atoms with E-state index in [0.29, 0.717) is 26.3 Å². The number of carbonyl (C=O) groups excluding carboxylic acids is 1. The molecule has 108 valence electrons. The van der Waals surface area contributed by atoms with Gasteiger partial charge in [-0.25, -0.2) is 4.79 Å². The fourth-order valence-corrected chi connectivity index (χ4v) is 2.73. The Labute approximate surface area is 112 Å². The molecule has 2 heterocycles. The average molecular weight is 271 g/mol. The van der Waals surface area contributed by atoms with Crippen LogP contribution in [0.2, 0.25) is 0 Å². The molecule has 2 unspecified atom stereocenters. The van der Waals surface area contributed by atoms with Gasteiger partial charge in [-0.05, 0) is 19.3 Å². The van der Waals surface area contributed by atoms with Gasteiger partial charge in [-0.1, -0.05) is 6.92 Å². The number of carboxylic acid groups (broad SMARTS) is 1. The third-order valence-corrected chi connectivity index (χ3v) is 3.86. The first-order chi connectivity index (χ1) is 8.91. The first-order valence-corrected chi connectivity index (χ1v) is 6.63. The van der Waals surface area contributed by atoms with Crippen molar-refractivity contribution in [1.82, 2.24) is 4.90 Å². The quantitative estimate of drug-likeness (QED) is 0.799. The van der Waals surface area contributed by atoms with Gasteiger partial charge >= 0.3 is 5.97 Å². The van der Waals surface area contributed by atoms with Crippen molar-refractivity contribution in [1.29, 1.82) is 0 Å². The van der Waals surface area contributed by atoms with Crippen molar-refractivity contribution < 1.29 is 24.2 Å². The van der Waals surface area contributed by atoms with E-state index in [1.165, 1.54) is 0 Å². The average Bonchev–Trinajstić information content (AvgIpc) is 2.33. The fraction of sp³-hybridized carbons (Fsp3) is 0.846. The first-order valence-electron chi connectivity index (χ1n) is 6.63. The second-order valence-electron chi connectivity index (χ2n) is 5.77. The monoisotopic (exact) mass is 271 g/mol. The summed E-state index contributed by atoms with van der Waals surface area (Å²) >= 11 is 0. The maximum absolute atomic E-state index is 12.3. The van der Waals surface area contributed by atoms with Crippen LogP contribution in [0.15, 0.2) is 0 Å². The van der Waals surface area contributed by atoms with Crippen LogP contribution >= 0.6 is 0 Å². The minimum atomic E-state index is -0.982. The van der Waals surface area contributed by atoms with E-state index in [0.717, 1.165) is 6.42 Å². The molecule has 0 aliphatic carbocycles. The Morgan fingerprint density at radius 3 is 2.74 bits per heavy atom. The number of nitrogens with zero attached hydrogens (tertiary/aromatic N) is 1. The molecule has 6 nitrogen and oxygen atoms in total. The molecular weight excluding hydrogens is 250 g/mol. The van der Waals surface area contributed by atoms with Gasteiger partial charge in [0.15, 0.2) is 0 Å². The summed E-state index contributed by atoms with van der Waals surface area (Å²) in [6.07, 6.45) is 0.767. The summed E-state index contributed by atoms with van der Waals surface area (Å²) in [7, 11) is 0. The van der Waals surface area contributed by atoms with Gasteiger partial charge in [0.05, 0.1) is 13.1 Å². The summed E-state index contributed by atoms with van der Waals surface area (Å²) in [6, 6.07) is 0. The van der Waals surface area contributed by atoms with E-state index in [1.54, 1.807) is 4.90 Å². The molecule has 0 spiro atoms. The van der Waals surface area contributed by atoms with Crippen LogP contribution in [0, 0.1) is 11.8 Å². The van der Waals surface area contributed by atoms with Crippen LogP contribution in [0.25, 0.3) is 0 Å². The molecule has 0 saturated carbocycles. The molecule has 2 fully saturated rings. The lowest BCUT2D eigenvalue weighted by molar-refractivity contribution is -0.178. The maximum atomic E-state index is 12.3. The fourth-order valence-electron chi connectivity index (χ4n) is 2.73. The van der Waals surface area contributed by atoms with Crippen molar-refractivity contribution in [3.05, 3.63) is 0 Å². The standard InChI is InChI=1S/C13H21NO5/c1-9-5-18-4-3-10(9)12(17)14-7-13(2,8-14)19-6-11(15)16/h9-10H,3-8H2,1-2H3,(H,15,16). The van der Waals surface area contributed by atoms with Crippen molar-refractivity contribution in [2.45, 2.75) is 25.9 Å². The lowest BCUT2D eigenvalue weighted by atomic mass is 9.86. The van der Waals surface area contributed by atoms with Crippen LogP contribution in [0.1, 0.15) is 20.3 Å². The van der Waals surface area contributed by atoms with Gasteiger partial charge in [0, 0.05) is 19.1 Å². The van der Waals surface area contributed by atoms with Gasteiger partial charge in [-0.15, -0.1) is 0 Å². The van der Waals surface area contributed by atoms with Crippen LogP contribution in [-0.4, -0.2) is 60.4 Å². The molecule has 0 aromatic heterocycles. The van der Waals surface area contributed by atoms with Crippen molar-refractivity contribution in [2.75, 3.05) is 32.9 Å². The van der Waals surface area contributed by atoms with E-state index in [-0.39, 0.29) is 24.3 Å². The van der Waals surface area contributed by atoms with E-state index >= 15 is 0 Å². The Bertz CT molecular complexity index is 364. The second-order valence-corrected chi connectivity index (χ2v) is 5.77. The number of hydrogen-bond acceptors (Lipinski definition) is 4. The van der Waals surface area contributed by atoms with Crippen LogP contribution in [-0.2, 0) is 19.1 Å². The third kappa shape index (κ3) is 3.25. The van der Waals surface area contributed by atoms with Crippen molar-refractivity contribution in [3.63, 3.8) is 0 Å². The Morgan fingerprint density at radius 2 is 2.16 bits per heavy atom. The smallest absolute Gasteiger partial charge is 0.329 e. The number of amides is 1. The minimum absolute atomic E-state index is 0.0257. The molecule has 0 aromatic rings. The minimum Gasteiger partial charge on any atom is -0.480 e. The van der Waals surface area contributed by atoms with Gasteiger partial charge < -0.3 is 19.5 Å². The molecular formula is C13H21NO5. The van der Waals surface area contributed by atoms with Gasteiger partial charge in [-0.3, -0.25) is 4.79 Å². The number of ether oxygens (including phenoxy) is 2. The van der Waals surface area contributed by atoms with Gasteiger partial charge in [0.1, 0.15) is 12.2 Å². The number of rotatable bonds is 4. The molecule has 6 heteroatoms. The Balaban J connectivity index is 1.82. The predicted molar refractivity (Wildman–Crippen MR) is 66.7 cm³/mol. The van der Waals surface area contributed by atoms with E-state index in [2.05, 4.69) is 0 Å². The Hall–Kier alpha value is -1.14. The normalized spacial score (nSPS) is 29.7. The molecule has 2 atom stereocenters. The van der Waals surface area contributed by atoms with E-state index in [1.807, 2.05) is 13.8 Å². The molecule has 2 aliphatic heterocycles. The van der Waals surface area contributed by atoms with Crippen molar-refractivity contribution in [3.8, 4) is 0 Å². The highest BCUT2D eigenvalue weighted by Crippen LogP contribution is 2.30. The highest BCUT2D eigenvalue weighted by Gasteiger charge is 2.45. The zero-order valence-electron chi connectivity index (χ0n) is 11.4. The predicted octanol–water partition coefficient (Wildman–Crippen LogP) is 0.361. The first kappa shape index (κ1) is 14.3. The summed E-state index contributed by atoms with van der Waals surface area (Å²) in [5.41, 5.74) is -0.511. The molecule has 1 amide bonds. The molecule has 2 rings (SSSR count). The summed E-state index contributed by atoms with van der Waals surface area (Å²) in [6.45, 7) is 5.78. The van der Waals surface area contributed by atoms with Crippen LogP contribution in [0.5, 0.6) is 0 Å². The number of aliphatic carboxylic acids is 1.